The molecule has 0 saturated carbocycles. The summed E-state index contributed by atoms with van der Waals surface area (Å²) in [7, 11) is 0. The Labute approximate surface area is 141 Å². The van der Waals surface area contributed by atoms with Gasteiger partial charge in [-0.15, -0.1) is 0 Å². The van der Waals surface area contributed by atoms with E-state index in [2.05, 4.69) is 18.2 Å². The van der Waals surface area contributed by atoms with Crippen LogP contribution in [-0.2, 0) is 29.0 Å². The van der Waals surface area contributed by atoms with Crippen molar-refractivity contribution in [2.75, 3.05) is 13.1 Å². The molecule has 1 atom stereocenters. The van der Waals surface area contributed by atoms with Gasteiger partial charge in [-0.3, -0.25) is 9.59 Å². The van der Waals surface area contributed by atoms with Gasteiger partial charge in [0, 0.05) is 19.5 Å². The maximum Gasteiger partial charge on any atom is 0.246 e. The van der Waals surface area contributed by atoms with Crippen LogP contribution in [0.2, 0.25) is 0 Å². The predicted octanol–water partition coefficient (Wildman–Crippen LogP) is 2.02. The lowest BCUT2D eigenvalue weighted by Gasteiger charge is -2.43. The van der Waals surface area contributed by atoms with E-state index < -0.39 is 0 Å². The fourth-order valence-corrected chi connectivity index (χ4v) is 3.65. The molecule has 0 radical (unpaired) electrons. The zero-order chi connectivity index (χ0) is 16.5. The topological polar surface area (TPSA) is 40.6 Å². The summed E-state index contributed by atoms with van der Waals surface area (Å²) in [5.41, 5.74) is 3.53. The number of carbonyl (C=O) groups is 2. The van der Waals surface area contributed by atoms with Gasteiger partial charge in [0.25, 0.3) is 0 Å². The molecule has 2 aliphatic heterocycles. The van der Waals surface area contributed by atoms with Crippen molar-refractivity contribution in [1.82, 2.24) is 9.80 Å². The minimum absolute atomic E-state index is 0.0576. The van der Waals surface area contributed by atoms with Crippen LogP contribution in [0.1, 0.15) is 16.7 Å². The Kier molecular flexibility index (Phi) is 3.81. The van der Waals surface area contributed by atoms with Gasteiger partial charge < -0.3 is 9.80 Å². The van der Waals surface area contributed by atoms with Crippen molar-refractivity contribution < 1.29 is 9.59 Å². The fourth-order valence-electron chi connectivity index (χ4n) is 3.65. The second kappa shape index (κ2) is 6.11. The highest BCUT2D eigenvalue weighted by molar-refractivity contribution is 5.95. The normalized spacial score (nSPS) is 19.9. The van der Waals surface area contributed by atoms with E-state index in [4.69, 9.17) is 0 Å². The molecule has 4 rings (SSSR count). The third kappa shape index (κ3) is 2.68. The summed E-state index contributed by atoms with van der Waals surface area (Å²) in [5.74, 6) is 0.141. The Morgan fingerprint density at radius 1 is 0.875 bits per heavy atom. The average molecular weight is 320 g/mol. The van der Waals surface area contributed by atoms with Crippen LogP contribution < -0.4 is 0 Å². The lowest BCUT2D eigenvalue weighted by Crippen LogP contribution is -2.61. The van der Waals surface area contributed by atoms with Crippen LogP contribution in [0.5, 0.6) is 0 Å². The molecular formula is C20H20N2O2. The molecule has 0 aliphatic carbocycles. The molecule has 2 aliphatic rings. The third-order valence-electron chi connectivity index (χ3n) is 5.00. The van der Waals surface area contributed by atoms with Crippen molar-refractivity contribution in [2.45, 2.75) is 25.4 Å². The van der Waals surface area contributed by atoms with Gasteiger partial charge in [0.15, 0.2) is 0 Å². The molecule has 1 fully saturated rings. The number of nitrogens with zero attached hydrogens (tertiary/aromatic N) is 2. The minimum atomic E-state index is -0.336. The molecule has 0 spiro atoms. The summed E-state index contributed by atoms with van der Waals surface area (Å²) in [4.78, 5) is 28.9. The Hall–Kier alpha value is -2.62. The largest absolute Gasteiger partial charge is 0.331 e. The Morgan fingerprint density at radius 3 is 2.38 bits per heavy atom. The van der Waals surface area contributed by atoms with Gasteiger partial charge in [-0.05, 0) is 23.1 Å². The van der Waals surface area contributed by atoms with E-state index in [1.165, 1.54) is 11.1 Å². The van der Waals surface area contributed by atoms with Crippen molar-refractivity contribution in [3.63, 3.8) is 0 Å². The molecule has 1 unspecified atom stereocenters. The molecule has 24 heavy (non-hydrogen) atoms. The summed E-state index contributed by atoms with van der Waals surface area (Å²) >= 11 is 0. The first-order valence-corrected chi connectivity index (χ1v) is 8.41. The highest BCUT2D eigenvalue weighted by Gasteiger charge is 2.41. The number of fused-ring (bicyclic) bond motifs is 2. The van der Waals surface area contributed by atoms with Crippen LogP contribution in [0.15, 0.2) is 54.6 Å². The first kappa shape index (κ1) is 14.9. The number of benzene rings is 2. The monoisotopic (exact) mass is 320 g/mol. The van der Waals surface area contributed by atoms with Crippen LogP contribution >= 0.6 is 0 Å². The van der Waals surface area contributed by atoms with Crippen molar-refractivity contribution in [1.29, 1.82) is 0 Å². The highest BCUT2D eigenvalue weighted by Crippen LogP contribution is 2.27. The molecule has 122 valence electrons. The molecule has 0 bridgehead atoms. The number of rotatable bonds is 3. The van der Waals surface area contributed by atoms with E-state index in [0.717, 1.165) is 12.0 Å². The van der Waals surface area contributed by atoms with Crippen molar-refractivity contribution in [2.24, 2.45) is 0 Å². The van der Waals surface area contributed by atoms with E-state index in [9.17, 15) is 9.59 Å². The van der Waals surface area contributed by atoms with Gasteiger partial charge in [-0.25, -0.2) is 0 Å². The van der Waals surface area contributed by atoms with Crippen LogP contribution in [0.25, 0.3) is 0 Å². The summed E-state index contributed by atoms with van der Waals surface area (Å²) in [5, 5.41) is 0. The Morgan fingerprint density at radius 2 is 1.58 bits per heavy atom. The molecule has 4 nitrogen and oxygen atoms in total. The number of amides is 2. The average Bonchev–Trinajstić information content (AvgIpc) is 2.63. The maximum absolute atomic E-state index is 12.9. The lowest BCUT2D eigenvalue weighted by molar-refractivity contribution is -0.157. The van der Waals surface area contributed by atoms with E-state index >= 15 is 0 Å². The predicted molar refractivity (Wildman–Crippen MR) is 91.2 cm³/mol. The zero-order valence-electron chi connectivity index (χ0n) is 13.5. The van der Waals surface area contributed by atoms with Crippen LogP contribution in [-0.4, -0.2) is 40.7 Å². The van der Waals surface area contributed by atoms with Gasteiger partial charge in [-0.1, -0.05) is 54.6 Å². The van der Waals surface area contributed by atoms with E-state index in [1.54, 1.807) is 9.80 Å². The van der Waals surface area contributed by atoms with Gasteiger partial charge in [-0.2, -0.15) is 0 Å². The van der Waals surface area contributed by atoms with Gasteiger partial charge in [0.05, 0.1) is 6.54 Å². The van der Waals surface area contributed by atoms with Gasteiger partial charge in [0.1, 0.15) is 6.04 Å². The van der Waals surface area contributed by atoms with Gasteiger partial charge in [0.2, 0.25) is 11.8 Å². The maximum atomic E-state index is 12.9. The molecular weight excluding hydrogens is 300 g/mol. The van der Waals surface area contributed by atoms with Crippen molar-refractivity contribution >= 4 is 11.8 Å². The summed E-state index contributed by atoms with van der Waals surface area (Å²) in [6.07, 6.45) is 1.41. The standard InChI is InChI=1S/C20H20N2O2/c23-19-14-21(11-10-15-6-2-1-3-7-15)20(24)18-12-16-8-4-5-9-17(16)13-22(18)19/h1-9,18H,10-14H2. The number of carbonyl (C=O) groups excluding carboxylic acids is 2. The number of piperazine rings is 1. The number of hydrogen-bond donors (Lipinski definition) is 0. The molecule has 2 heterocycles. The van der Waals surface area contributed by atoms with Gasteiger partial charge >= 0.3 is 0 Å². The minimum Gasteiger partial charge on any atom is -0.331 e. The zero-order valence-corrected chi connectivity index (χ0v) is 13.5. The summed E-state index contributed by atoms with van der Waals surface area (Å²) < 4.78 is 0. The molecule has 2 amide bonds. The first-order chi connectivity index (χ1) is 11.7. The third-order valence-corrected chi connectivity index (χ3v) is 5.00. The quantitative estimate of drug-likeness (QED) is 0.868. The van der Waals surface area contributed by atoms with E-state index in [1.807, 2.05) is 36.4 Å². The second-order valence-electron chi connectivity index (χ2n) is 6.51. The molecule has 0 aromatic heterocycles. The van der Waals surface area contributed by atoms with Crippen LogP contribution in [0.4, 0.5) is 0 Å². The van der Waals surface area contributed by atoms with Crippen LogP contribution in [0, 0.1) is 0 Å². The SMILES string of the molecule is O=C1C2Cc3ccccc3CN2C(=O)CN1CCc1ccccc1. The first-order valence-electron chi connectivity index (χ1n) is 8.41. The summed E-state index contributed by atoms with van der Waals surface area (Å²) in [6.45, 7) is 1.35. The molecule has 1 saturated heterocycles. The fraction of sp³-hybridized carbons (Fsp3) is 0.300. The number of hydrogen-bond acceptors (Lipinski definition) is 2. The van der Waals surface area contributed by atoms with Crippen molar-refractivity contribution in [3.8, 4) is 0 Å². The summed E-state index contributed by atoms with van der Waals surface area (Å²) in [6, 6.07) is 17.8. The Balaban J connectivity index is 1.51. The Bertz CT molecular complexity index is 772. The molecule has 2 aromatic carbocycles. The van der Waals surface area contributed by atoms with E-state index in [-0.39, 0.29) is 24.4 Å². The highest BCUT2D eigenvalue weighted by atomic mass is 16.2. The van der Waals surface area contributed by atoms with E-state index in [0.29, 0.717) is 19.5 Å². The second-order valence-corrected chi connectivity index (χ2v) is 6.51. The molecule has 2 aromatic rings. The van der Waals surface area contributed by atoms with Crippen molar-refractivity contribution in [3.05, 3.63) is 71.3 Å². The molecule has 4 heteroatoms. The lowest BCUT2D eigenvalue weighted by atomic mass is 9.91. The smallest absolute Gasteiger partial charge is 0.246 e. The molecule has 0 N–H and O–H groups in total. The van der Waals surface area contributed by atoms with Crippen LogP contribution in [0.3, 0.4) is 0 Å².